The largest absolute Gasteiger partial charge is 0.448 e. The van der Waals surface area contributed by atoms with Crippen LogP contribution in [0.5, 0.6) is 0 Å². The van der Waals surface area contributed by atoms with E-state index in [1.165, 1.54) is 6.92 Å². The third-order valence-corrected chi connectivity index (χ3v) is 3.80. The second-order valence-corrected chi connectivity index (χ2v) is 5.56. The van der Waals surface area contributed by atoms with Gasteiger partial charge in [-0.15, -0.1) is 5.10 Å². The minimum absolute atomic E-state index is 0.345. The topological polar surface area (TPSA) is 81.2 Å². The third kappa shape index (κ3) is 3.88. The zero-order valence-electron chi connectivity index (χ0n) is 12.6. The smallest absolute Gasteiger partial charge is 0.352 e. The number of esters is 1. The fourth-order valence-corrected chi connectivity index (χ4v) is 2.38. The maximum absolute atomic E-state index is 12.0. The van der Waals surface area contributed by atoms with Crippen LogP contribution in [0.1, 0.15) is 34.8 Å². The van der Waals surface area contributed by atoms with Crippen molar-refractivity contribution in [2.45, 2.75) is 33.3 Å². The van der Waals surface area contributed by atoms with Gasteiger partial charge in [-0.1, -0.05) is 29.1 Å². The van der Waals surface area contributed by atoms with Crippen LogP contribution in [0.4, 0.5) is 5.69 Å². The van der Waals surface area contributed by atoms with E-state index >= 15 is 0 Å². The summed E-state index contributed by atoms with van der Waals surface area (Å²) in [6, 6.07) is 7.37. The average molecular weight is 319 g/mol. The number of carbonyl (C=O) groups excluding carboxylic acids is 2. The molecule has 0 aliphatic rings. The second kappa shape index (κ2) is 7.13. The van der Waals surface area contributed by atoms with Crippen LogP contribution in [-0.4, -0.2) is 27.6 Å². The van der Waals surface area contributed by atoms with Gasteiger partial charge in [0.15, 0.2) is 11.0 Å². The van der Waals surface area contributed by atoms with Crippen molar-refractivity contribution in [1.29, 1.82) is 0 Å². The third-order valence-electron chi connectivity index (χ3n) is 3.05. The van der Waals surface area contributed by atoms with Gasteiger partial charge < -0.3 is 10.1 Å². The van der Waals surface area contributed by atoms with Gasteiger partial charge in [0, 0.05) is 5.69 Å². The molecular formula is C15H17N3O3S. The van der Waals surface area contributed by atoms with Crippen LogP contribution in [0.2, 0.25) is 0 Å². The first kappa shape index (κ1) is 16.1. The van der Waals surface area contributed by atoms with Gasteiger partial charge in [-0.05, 0) is 43.9 Å². The van der Waals surface area contributed by atoms with E-state index in [4.69, 9.17) is 4.74 Å². The summed E-state index contributed by atoms with van der Waals surface area (Å²) < 4.78 is 8.91. The number of carbonyl (C=O) groups is 2. The molecule has 22 heavy (non-hydrogen) atoms. The van der Waals surface area contributed by atoms with Crippen LogP contribution in [0.25, 0.3) is 0 Å². The van der Waals surface area contributed by atoms with Crippen LogP contribution in [0, 0.1) is 6.92 Å². The minimum atomic E-state index is -0.902. The number of hydrogen-bond donors (Lipinski definition) is 1. The molecule has 7 heteroatoms. The quantitative estimate of drug-likeness (QED) is 0.857. The van der Waals surface area contributed by atoms with Crippen LogP contribution in [0.3, 0.4) is 0 Å². The lowest BCUT2D eigenvalue weighted by Gasteiger charge is -2.13. The summed E-state index contributed by atoms with van der Waals surface area (Å²) in [7, 11) is 0. The highest BCUT2D eigenvalue weighted by atomic mass is 32.1. The lowest BCUT2D eigenvalue weighted by Crippen LogP contribution is -2.30. The molecule has 1 amide bonds. The Bertz CT molecular complexity index is 667. The van der Waals surface area contributed by atoms with Gasteiger partial charge in [0.25, 0.3) is 5.91 Å². The van der Waals surface area contributed by atoms with E-state index in [0.29, 0.717) is 22.7 Å². The first-order valence-corrected chi connectivity index (χ1v) is 7.68. The summed E-state index contributed by atoms with van der Waals surface area (Å²) in [6.07, 6.45) is -0.314. The molecular weight excluding hydrogens is 302 g/mol. The molecule has 1 atom stereocenters. The number of aromatic nitrogens is 2. The standard InChI is InChI=1S/C15H17N3O3S/c1-4-12-13(22-18-17-12)15(20)21-10(3)14(19)16-11-7-5-9(2)6-8-11/h5-8,10H,4H2,1-3H3,(H,16,19). The maximum Gasteiger partial charge on any atom is 0.352 e. The van der Waals surface area contributed by atoms with Crippen molar-refractivity contribution in [1.82, 2.24) is 9.59 Å². The van der Waals surface area contributed by atoms with Gasteiger partial charge in [-0.3, -0.25) is 4.79 Å². The van der Waals surface area contributed by atoms with Crippen LogP contribution >= 0.6 is 11.5 Å². The number of anilines is 1. The van der Waals surface area contributed by atoms with E-state index in [1.54, 1.807) is 12.1 Å². The summed E-state index contributed by atoms with van der Waals surface area (Å²) in [5.41, 5.74) is 2.34. The number of rotatable bonds is 5. The summed E-state index contributed by atoms with van der Waals surface area (Å²) >= 11 is 0.974. The highest BCUT2D eigenvalue weighted by Crippen LogP contribution is 2.15. The van der Waals surface area contributed by atoms with E-state index in [-0.39, 0.29) is 5.91 Å². The van der Waals surface area contributed by atoms with Crippen molar-refractivity contribution >= 4 is 29.1 Å². The maximum atomic E-state index is 12.0. The van der Waals surface area contributed by atoms with Crippen molar-refractivity contribution < 1.29 is 14.3 Å². The number of nitrogens with one attached hydrogen (secondary N) is 1. The summed E-state index contributed by atoms with van der Waals surface area (Å²) in [5, 5.41) is 6.56. The minimum Gasteiger partial charge on any atom is -0.448 e. The Labute approximate surface area is 132 Å². The molecule has 116 valence electrons. The van der Waals surface area contributed by atoms with E-state index in [0.717, 1.165) is 17.1 Å². The number of nitrogens with zero attached hydrogens (tertiary/aromatic N) is 2. The van der Waals surface area contributed by atoms with Crippen molar-refractivity contribution in [3.63, 3.8) is 0 Å². The predicted octanol–water partition coefficient (Wildman–Crippen LogP) is 2.59. The SMILES string of the molecule is CCc1nnsc1C(=O)OC(C)C(=O)Nc1ccc(C)cc1. The zero-order valence-corrected chi connectivity index (χ0v) is 13.4. The van der Waals surface area contributed by atoms with Gasteiger partial charge in [0.1, 0.15) is 0 Å². The first-order valence-electron chi connectivity index (χ1n) is 6.91. The molecule has 0 aliphatic carbocycles. The van der Waals surface area contributed by atoms with Crippen molar-refractivity contribution in [3.05, 3.63) is 40.4 Å². The molecule has 2 rings (SSSR count). The Balaban J connectivity index is 1.96. The Morgan fingerprint density at radius 1 is 1.32 bits per heavy atom. The number of ether oxygens (including phenoxy) is 1. The lowest BCUT2D eigenvalue weighted by molar-refractivity contribution is -0.123. The first-order chi connectivity index (χ1) is 10.5. The molecule has 1 unspecified atom stereocenters. The van der Waals surface area contributed by atoms with Crippen molar-refractivity contribution in [3.8, 4) is 0 Å². The zero-order chi connectivity index (χ0) is 16.1. The van der Waals surface area contributed by atoms with Gasteiger partial charge in [-0.25, -0.2) is 4.79 Å². The molecule has 0 radical (unpaired) electrons. The number of hydrogen-bond acceptors (Lipinski definition) is 6. The lowest BCUT2D eigenvalue weighted by atomic mass is 10.2. The number of aryl methyl sites for hydroxylation is 2. The van der Waals surface area contributed by atoms with E-state index in [1.807, 2.05) is 26.0 Å². The van der Waals surface area contributed by atoms with Gasteiger partial charge in [0.05, 0.1) is 5.69 Å². The van der Waals surface area contributed by atoms with E-state index < -0.39 is 12.1 Å². The van der Waals surface area contributed by atoms with Crippen LogP contribution in [-0.2, 0) is 16.0 Å². The van der Waals surface area contributed by atoms with Crippen molar-refractivity contribution in [2.24, 2.45) is 0 Å². The molecule has 1 heterocycles. The summed E-state index contributed by atoms with van der Waals surface area (Å²) in [5.74, 6) is -0.953. The molecule has 0 spiro atoms. The summed E-state index contributed by atoms with van der Waals surface area (Å²) in [4.78, 5) is 24.4. The Morgan fingerprint density at radius 2 is 2.00 bits per heavy atom. The molecule has 2 aromatic rings. The predicted molar refractivity (Wildman–Crippen MR) is 84.0 cm³/mol. The molecule has 6 nitrogen and oxygen atoms in total. The molecule has 0 saturated carbocycles. The average Bonchev–Trinajstić information content (AvgIpc) is 2.98. The van der Waals surface area contributed by atoms with Crippen LogP contribution < -0.4 is 5.32 Å². The van der Waals surface area contributed by atoms with E-state index in [9.17, 15) is 9.59 Å². The highest BCUT2D eigenvalue weighted by molar-refractivity contribution is 7.07. The van der Waals surface area contributed by atoms with E-state index in [2.05, 4.69) is 14.9 Å². The molecule has 1 aromatic heterocycles. The second-order valence-electron chi connectivity index (χ2n) is 4.81. The normalized spacial score (nSPS) is 11.8. The van der Waals surface area contributed by atoms with Gasteiger partial charge in [0.2, 0.25) is 0 Å². The van der Waals surface area contributed by atoms with Gasteiger partial charge >= 0.3 is 5.97 Å². The fourth-order valence-electron chi connectivity index (χ4n) is 1.74. The monoisotopic (exact) mass is 319 g/mol. The molecule has 0 aliphatic heterocycles. The highest BCUT2D eigenvalue weighted by Gasteiger charge is 2.22. The van der Waals surface area contributed by atoms with Gasteiger partial charge in [-0.2, -0.15) is 0 Å². The molecule has 0 fully saturated rings. The molecule has 1 aromatic carbocycles. The number of amides is 1. The fraction of sp³-hybridized carbons (Fsp3) is 0.333. The molecule has 1 N–H and O–H groups in total. The Kier molecular flexibility index (Phi) is 5.21. The Hall–Kier alpha value is -2.28. The summed E-state index contributed by atoms with van der Waals surface area (Å²) in [6.45, 7) is 5.37. The molecule has 0 bridgehead atoms. The number of benzene rings is 1. The Morgan fingerprint density at radius 3 is 2.64 bits per heavy atom. The van der Waals surface area contributed by atoms with Crippen LogP contribution in [0.15, 0.2) is 24.3 Å². The van der Waals surface area contributed by atoms with Crippen molar-refractivity contribution in [2.75, 3.05) is 5.32 Å². The molecule has 0 saturated heterocycles.